The van der Waals surface area contributed by atoms with Crippen LogP contribution in [-0.4, -0.2) is 18.5 Å². The molecule has 0 heterocycles. The summed E-state index contributed by atoms with van der Waals surface area (Å²) in [6.45, 7) is 2.89. The van der Waals surface area contributed by atoms with Crippen LogP contribution in [0.1, 0.15) is 89.5 Å². The van der Waals surface area contributed by atoms with Gasteiger partial charge in [-0.05, 0) is 43.0 Å². The van der Waals surface area contributed by atoms with Gasteiger partial charge in [0, 0.05) is 22.9 Å². The minimum atomic E-state index is -0.261. The van der Waals surface area contributed by atoms with E-state index in [-0.39, 0.29) is 18.5 Å². The third-order valence-electron chi connectivity index (χ3n) is 4.59. The number of benzene rings is 1. The van der Waals surface area contributed by atoms with Gasteiger partial charge in [-0.1, -0.05) is 75.1 Å². The second kappa shape index (κ2) is 16.5. The van der Waals surface area contributed by atoms with Gasteiger partial charge in [-0.15, -0.1) is 0 Å². The lowest BCUT2D eigenvalue weighted by Gasteiger charge is -2.07. The average molecular weight is 445 g/mol. The van der Waals surface area contributed by atoms with Gasteiger partial charge >= 0.3 is 11.9 Å². The summed E-state index contributed by atoms with van der Waals surface area (Å²) in [5, 5.41) is 1.03. The predicted octanol–water partition coefficient (Wildman–Crippen LogP) is 7.28. The number of rotatable bonds is 16. The van der Waals surface area contributed by atoms with Crippen LogP contribution in [0.3, 0.4) is 0 Å². The van der Waals surface area contributed by atoms with Crippen molar-refractivity contribution in [1.29, 1.82) is 0 Å². The number of halogens is 2. The summed E-state index contributed by atoms with van der Waals surface area (Å²) in [7, 11) is 0. The van der Waals surface area contributed by atoms with E-state index in [1.165, 1.54) is 32.1 Å². The maximum atomic E-state index is 11.8. The Balaban J connectivity index is 1.96. The van der Waals surface area contributed by atoms with Crippen molar-refractivity contribution in [2.45, 2.75) is 90.6 Å². The zero-order chi connectivity index (χ0) is 21.3. The van der Waals surface area contributed by atoms with Crippen LogP contribution in [-0.2, 0) is 25.7 Å². The Morgan fingerprint density at radius 2 is 1.24 bits per heavy atom. The van der Waals surface area contributed by atoms with Crippen molar-refractivity contribution < 1.29 is 19.1 Å². The molecule has 0 unspecified atom stereocenters. The van der Waals surface area contributed by atoms with Crippen molar-refractivity contribution in [3.8, 4) is 0 Å². The van der Waals surface area contributed by atoms with Gasteiger partial charge in [-0.3, -0.25) is 9.59 Å². The molecular formula is C23H34Cl2O4. The van der Waals surface area contributed by atoms with Gasteiger partial charge in [-0.25, -0.2) is 0 Å². The first-order valence-electron chi connectivity index (χ1n) is 10.8. The molecule has 0 spiro atoms. The van der Waals surface area contributed by atoms with E-state index in [9.17, 15) is 9.59 Å². The lowest BCUT2D eigenvalue weighted by atomic mass is 10.1. The highest BCUT2D eigenvalue weighted by Gasteiger charge is 2.07. The highest BCUT2D eigenvalue weighted by atomic mass is 35.5. The Bertz CT molecular complexity index is 584. The fraction of sp³-hybridized carbons (Fsp3) is 0.652. The molecule has 0 aliphatic heterocycles. The Kier molecular flexibility index (Phi) is 14.7. The van der Waals surface area contributed by atoms with E-state index in [2.05, 4.69) is 6.92 Å². The summed E-state index contributed by atoms with van der Waals surface area (Å²) in [6, 6.07) is 5.08. The van der Waals surface area contributed by atoms with E-state index in [0.29, 0.717) is 35.9 Å². The highest BCUT2D eigenvalue weighted by Crippen LogP contribution is 2.19. The fourth-order valence-electron chi connectivity index (χ4n) is 2.96. The van der Waals surface area contributed by atoms with E-state index < -0.39 is 0 Å². The number of ether oxygens (including phenoxy) is 2. The fourth-order valence-corrected chi connectivity index (χ4v) is 3.53. The molecule has 0 aliphatic rings. The Labute approximate surface area is 185 Å². The lowest BCUT2D eigenvalue weighted by molar-refractivity contribution is -0.145. The molecule has 0 bridgehead atoms. The normalized spacial score (nSPS) is 10.7. The number of carbonyl (C=O) groups is 2. The minimum absolute atomic E-state index is 0.142. The molecule has 6 heteroatoms. The zero-order valence-corrected chi connectivity index (χ0v) is 19.0. The Morgan fingerprint density at radius 1 is 0.724 bits per heavy atom. The van der Waals surface area contributed by atoms with Gasteiger partial charge in [0.25, 0.3) is 0 Å². The molecule has 0 radical (unpaired) electrons. The van der Waals surface area contributed by atoms with Gasteiger partial charge in [-0.2, -0.15) is 0 Å². The molecule has 1 rings (SSSR count). The number of hydrogen-bond acceptors (Lipinski definition) is 4. The molecule has 164 valence electrons. The molecule has 0 aromatic heterocycles. The first-order valence-corrected chi connectivity index (χ1v) is 11.5. The monoisotopic (exact) mass is 444 g/mol. The molecule has 1 aromatic carbocycles. The van der Waals surface area contributed by atoms with Crippen molar-refractivity contribution in [3.05, 3.63) is 33.8 Å². The first-order chi connectivity index (χ1) is 14.0. The number of hydrogen-bond donors (Lipinski definition) is 0. The van der Waals surface area contributed by atoms with Crippen molar-refractivity contribution in [3.63, 3.8) is 0 Å². The number of esters is 2. The quantitative estimate of drug-likeness (QED) is 0.198. The largest absolute Gasteiger partial charge is 0.466 e. The average Bonchev–Trinajstić information content (AvgIpc) is 2.67. The van der Waals surface area contributed by atoms with Crippen LogP contribution in [0.5, 0.6) is 0 Å². The number of unbranched alkanes of at least 4 members (excludes halogenated alkanes) is 8. The molecule has 0 saturated heterocycles. The molecule has 1 aromatic rings. The number of carbonyl (C=O) groups excluding carboxylic acids is 2. The van der Waals surface area contributed by atoms with Crippen LogP contribution in [0.4, 0.5) is 0 Å². The first kappa shape index (κ1) is 25.8. The smallest absolute Gasteiger partial charge is 0.306 e. The van der Waals surface area contributed by atoms with E-state index in [1.54, 1.807) is 18.2 Å². The van der Waals surface area contributed by atoms with Gasteiger partial charge in [0.1, 0.15) is 6.61 Å². The summed E-state index contributed by atoms with van der Waals surface area (Å²) in [6.07, 6.45) is 11.4. The standard InChI is InChI=1S/C23H34Cl2O4/c1-2-3-4-5-6-7-11-14-28-22(26)12-9-8-10-13-23(27)29-18-19-15-20(24)17-21(25)16-19/h15-17H,2-14,18H2,1H3. The summed E-state index contributed by atoms with van der Waals surface area (Å²) in [5.74, 6) is -0.404. The van der Waals surface area contributed by atoms with Crippen LogP contribution in [0.2, 0.25) is 10.0 Å². The van der Waals surface area contributed by atoms with Crippen LogP contribution < -0.4 is 0 Å². The molecule has 0 N–H and O–H groups in total. The second-order valence-electron chi connectivity index (χ2n) is 7.34. The van der Waals surface area contributed by atoms with Gasteiger partial charge in [0.2, 0.25) is 0 Å². The van der Waals surface area contributed by atoms with Gasteiger partial charge < -0.3 is 9.47 Å². The topological polar surface area (TPSA) is 52.6 Å². The molecular weight excluding hydrogens is 411 g/mol. The van der Waals surface area contributed by atoms with E-state index >= 15 is 0 Å². The SMILES string of the molecule is CCCCCCCCCOC(=O)CCCCCC(=O)OCc1cc(Cl)cc(Cl)c1. The van der Waals surface area contributed by atoms with Crippen molar-refractivity contribution >= 4 is 35.1 Å². The van der Waals surface area contributed by atoms with Gasteiger partial charge in [0.15, 0.2) is 0 Å². The van der Waals surface area contributed by atoms with E-state index in [0.717, 1.165) is 31.2 Å². The van der Waals surface area contributed by atoms with E-state index in [4.69, 9.17) is 32.7 Å². The van der Waals surface area contributed by atoms with Crippen LogP contribution >= 0.6 is 23.2 Å². The van der Waals surface area contributed by atoms with Crippen molar-refractivity contribution in [1.82, 2.24) is 0 Å². The van der Waals surface area contributed by atoms with Crippen molar-refractivity contribution in [2.75, 3.05) is 6.61 Å². The third-order valence-corrected chi connectivity index (χ3v) is 5.03. The maximum Gasteiger partial charge on any atom is 0.306 e. The predicted molar refractivity (Wildman–Crippen MR) is 118 cm³/mol. The molecule has 4 nitrogen and oxygen atoms in total. The van der Waals surface area contributed by atoms with Crippen LogP contribution in [0, 0.1) is 0 Å². The third kappa shape index (κ3) is 14.4. The summed E-state index contributed by atoms with van der Waals surface area (Å²) in [4.78, 5) is 23.5. The molecule has 0 aliphatic carbocycles. The summed E-state index contributed by atoms with van der Waals surface area (Å²) < 4.78 is 10.5. The highest BCUT2D eigenvalue weighted by molar-refractivity contribution is 6.34. The van der Waals surface area contributed by atoms with Gasteiger partial charge in [0.05, 0.1) is 6.61 Å². The second-order valence-corrected chi connectivity index (χ2v) is 8.21. The lowest BCUT2D eigenvalue weighted by Crippen LogP contribution is -2.06. The summed E-state index contributed by atoms with van der Waals surface area (Å²) in [5.41, 5.74) is 0.763. The zero-order valence-electron chi connectivity index (χ0n) is 17.5. The van der Waals surface area contributed by atoms with Crippen LogP contribution in [0.15, 0.2) is 18.2 Å². The minimum Gasteiger partial charge on any atom is -0.466 e. The Hall–Kier alpha value is -1.26. The molecule has 0 atom stereocenters. The van der Waals surface area contributed by atoms with Crippen LogP contribution in [0.25, 0.3) is 0 Å². The maximum absolute atomic E-state index is 11.8. The molecule has 0 amide bonds. The molecule has 0 fully saturated rings. The molecule has 29 heavy (non-hydrogen) atoms. The van der Waals surface area contributed by atoms with E-state index in [1.807, 2.05) is 0 Å². The van der Waals surface area contributed by atoms with Crippen molar-refractivity contribution in [2.24, 2.45) is 0 Å². The summed E-state index contributed by atoms with van der Waals surface area (Å²) >= 11 is 11.8. The Morgan fingerprint density at radius 3 is 1.86 bits per heavy atom. The molecule has 0 saturated carbocycles.